The fourth-order valence-electron chi connectivity index (χ4n) is 0.940. The maximum Gasteiger partial charge on any atom is -0.0349 e. The monoisotopic (exact) mass is 234 g/mol. The largest absolute Gasteiger partial charge is 0.0764 e. The number of allylic oxidation sites excluding steroid dienone is 8. The van der Waals surface area contributed by atoms with Gasteiger partial charge in [-0.05, 0) is 52.2 Å². The summed E-state index contributed by atoms with van der Waals surface area (Å²) in [6.45, 7) is 16.9. The topological polar surface area (TPSA) is 0 Å². The molecule has 0 aromatic rings. The van der Waals surface area contributed by atoms with Crippen LogP contribution in [0, 0.1) is 0 Å². The molecule has 0 aliphatic heterocycles. The van der Waals surface area contributed by atoms with E-state index < -0.39 is 0 Å². The number of rotatable bonds is 4. The molecule has 0 aliphatic rings. The van der Waals surface area contributed by atoms with Crippen LogP contribution in [0.2, 0.25) is 0 Å². The lowest BCUT2D eigenvalue weighted by atomic mass is 10.1. The zero-order chi connectivity index (χ0) is 13.8. The lowest BCUT2D eigenvalue weighted by Crippen LogP contribution is -1.79. The molecule has 0 bridgehead atoms. The quantitative estimate of drug-likeness (QED) is 0.506. The molecule has 0 unspecified atom stereocenters. The summed E-state index contributed by atoms with van der Waals surface area (Å²) in [5.41, 5.74) is 5.42. The van der Waals surface area contributed by atoms with Crippen molar-refractivity contribution < 1.29 is 0 Å². The van der Waals surface area contributed by atoms with Gasteiger partial charge in [0, 0.05) is 0 Å². The molecule has 98 valence electrons. The van der Waals surface area contributed by atoms with E-state index in [1.807, 2.05) is 13.8 Å². The molecule has 0 amide bonds. The van der Waals surface area contributed by atoms with Gasteiger partial charge in [-0.2, -0.15) is 0 Å². The fraction of sp³-hybridized carbons (Fsp3) is 0.529. The van der Waals surface area contributed by atoms with E-state index in [2.05, 4.69) is 65.8 Å². The van der Waals surface area contributed by atoms with Crippen LogP contribution in [-0.2, 0) is 0 Å². The van der Waals surface area contributed by atoms with Crippen LogP contribution in [0.3, 0.4) is 0 Å². The van der Waals surface area contributed by atoms with Gasteiger partial charge in [0.25, 0.3) is 0 Å². The predicted octanol–water partition coefficient (Wildman–Crippen LogP) is 6.23. The Morgan fingerprint density at radius 2 is 1.12 bits per heavy atom. The van der Waals surface area contributed by atoms with E-state index >= 15 is 0 Å². The third kappa shape index (κ3) is 11.2. The van der Waals surface area contributed by atoms with Gasteiger partial charge in [0.2, 0.25) is 0 Å². The lowest BCUT2D eigenvalue weighted by Gasteiger charge is -1.99. The maximum atomic E-state index is 2.20. The molecule has 0 rings (SSSR count). The molecule has 0 aromatic carbocycles. The van der Waals surface area contributed by atoms with Crippen LogP contribution in [0.25, 0.3) is 0 Å². The van der Waals surface area contributed by atoms with E-state index in [1.165, 1.54) is 22.3 Å². The highest BCUT2D eigenvalue weighted by molar-refractivity contribution is 5.34. The van der Waals surface area contributed by atoms with Crippen molar-refractivity contribution in [2.24, 2.45) is 0 Å². The molecule has 0 atom stereocenters. The Kier molecular flexibility index (Phi) is 12.3. The summed E-state index contributed by atoms with van der Waals surface area (Å²) in [5, 5.41) is 0. The van der Waals surface area contributed by atoms with Gasteiger partial charge in [-0.25, -0.2) is 0 Å². The highest BCUT2D eigenvalue weighted by atomic mass is 14.0. The van der Waals surface area contributed by atoms with Crippen molar-refractivity contribution in [2.75, 3.05) is 0 Å². The SMILES string of the molecule is CC.CC\C(C)=C/C=C(C)/C(C)=C/C=C(C)C. The summed E-state index contributed by atoms with van der Waals surface area (Å²) < 4.78 is 0. The van der Waals surface area contributed by atoms with E-state index in [9.17, 15) is 0 Å². The molecule has 0 spiro atoms. The molecule has 17 heavy (non-hydrogen) atoms. The highest BCUT2D eigenvalue weighted by Gasteiger charge is 1.90. The Bertz CT molecular complexity index is 305. The lowest BCUT2D eigenvalue weighted by molar-refractivity contribution is 1.10. The molecule has 0 N–H and O–H groups in total. The van der Waals surface area contributed by atoms with Gasteiger partial charge in [-0.3, -0.25) is 0 Å². The van der Waals surface area contributed by atoms with E-state index in [0.29, 0.717) is 0 Å². The van der Waals surface area contributed by atoms with Gasteiger partial charge in [0.15, 0.2) is 0 Å². The summed E-state index contributed by atoms with van der Waals surface area (Å²) in [5.74, 6) is 0. The van der Waals surface area contributed by atoms with Gasteiger partial charge in [0.05, 0.1) is 0 Å². The van der Waals surface area contributed by atoms with E-state index in [1.54, 1.807) is 0 Å². The van der Waals surface area contributed by atoms with Gasteiger partial charge in [-0.1, -0.05) is 56.2 Å². The third-order valence-electron chi connectivity index (χ3n) is 2.46. The zero-order valence-electron chi connectivity index (χ0n) is 13.0. The van der Waals surface area contributed by atoms with E-state index in [4.69, 9.17) is 0 Å². The second kappa shape index (κ2) is 11.4. The molecule has 0 fully saturated rings. The first kappa shape index (κ1) is 18.3. The molecule has 0 nitrogen and oxygen atoms in total. The van der Waals surface area contributed by atoms with Crippen molar-refractivity contribution in [1.82, 2.24) is 0 Å². The minimum atomic E-state index is 1.13. The van der Waals surface area contributed by atoms with Crippen LogP contribution in [0.15, 0.2) is 46.6 Å². The van der Waals surface area contributed by atoms with Crippen molar-refractivity contribution >= 4 is 0 Å². The Hall–Kier alpha value is -1.04. The summed E-state index contributed by atoms with van der Waals surface area (Å²) in [6, 6.07) is 0. The first-order valence-corrected chi connectivity index (χ1v) is 6.63. The van der Waals surface area contributed by atoms with E-state index in [0.717, 1.165) is 6.42 Å². The summed E-state index contributed by atoms with van der Waals surface area (Å²) in [6.07, 6.45) is 9.86. The third-order valence-corrected chi connectivity index (χ3v) is 2.46. The molecule has 0 aliphatic carbocycles. The Morgan fingerprint density at radius 1 is 0.706 bits per heavy atom. The van der Waals surface area contributed by atoms with Crippen molar-refractivity contribution in [1.29, 1.82) is 0 Å². The van der Waals surface area contributed by atoms with Gasteiger partial charge in [0.1, 0.15) is 0 Å². The van der Waals surface area contributed by atoms with Crippen LogP contribution in [0.5, 0.6) is 0 Å². The molecule has 0 aromatic heterocycles. The zero-order valence-corrected chi connectivity index (χ0v) is 13.0. The normalized spacial score (nSPS) is 12.8. The molecule has 0 saturated heterocycles. The number of hydrogen-bond donors (Lipinski definition) is 0. The van der Waals surface area contributed by atoms with E-state index in [-0.39, 0.29) is 0 Å². The van der Waals surface area contributed by atoms with Crippen LogP contribution < -0.4 is 0 Å². The van der Waals surface area contributed by atoms with Crippen molar-refractivity contribution in [3.63, 3.8) is 0 Å². The van der Waals surface area contributed by atoms with Gasteiger partial charge in [-0.15, -0.1) is 0 Å². The predicted molar refractivity (Wildman–Crippen MR) is 82.3 cm³/mol. The molecule has 0 saturated carbocycles. The first-order chi connectivity index (χ1) is 7.97. The molecular formula is C17H30. The van der Waals surface area contributed by atoms with Gasteiger partial charge >= 0.3 is 0 Å². The summed E-state index contributed by atoms with van der Waals surface area (Å²) in [7, 11) is 0. The molecule has 0 heterocycles. The molecule has 0 radical (unpaired) electrons. The summed E-state index contributed by atoms with van der Waals surface area (Å²) in [4.78, 5) is 0. The first-order valence-electron chi connectivity index (χ1n) is 6.63. The minimum absolute atomic E-state index is 1.13. The average Bonchev–Trinajstić information content (AvgIpc) is 2.34. The Labute approximate surface area is 109 Å². The number of hydrogen-bond acceptors (Lipinski definition) is 0. The standard InChI is InChI=1S/C15H24.C2H6/c1-7-13(4)9-11-15(6)14(5)10-8-12(2)3;1-2/h8-11H,7H2,1-6H3;1-2H3/b13-9-,14-10+,15-11+;. The second-order valence-corrected chi connectivity index (χ2v) is 4.31. The smallest absolute Gasteiger partial charge is 0.0349 e. The average molecular weight is 234 g/mol. The highest BCUT2D eigenvalue weighted by Crippen LogP contribution is 2.10. The summed E-state index contributed by atoms with van der Waals surface area (Å²) >= 11 is 0. The van der Waals surface area contributed by atoms with Gasteiger partial charge < -0.3 is 0 Å². The van der Waals surface area contributed by atoms with Crippen molar-refractivity contribution in [2.45, 2.75) is 61.8 Å². The van der Waals surface area contributed by atoms with Crippen molar-refractivity contribution in [3.05, 3.63) is 46.6 Å². The fourth-order valence-corrected chi connectivity index (χ4v) is 0.940. The van der Waals surface area contributed by atoms with Crippen molar-refractivity contribution in [3.8, 4) is 0 Å². The molecular weight excluding hydrogens is 204 g/mol. The second-order valence-electron chi connectivity index (χ2n) is 4.31. The maximum absolute atomic E-state index is 2.20. The minimum Gasteiger partial charge on any atom is -0.0764 e. The van der Waals surface area contributed by atoms with Crippen LogP contribution in [0.4, 0.5) is 0 Å². The van der Waals surface area contributed by atoms with Crippen LogP contribution >= 0.6 is 0 Å². The Balaban J connectivity index is 0. The molecule has 0 heteroatoms. The van der Waals surface area contributed by atoms with Crippen LogP contribution in [0.1, 0.15) is 61.8 Å². The Morgan fingerprint density at radius 3 is 1.47 bits per heavy atom. The van der Waals surface area contributed by atoms with Crippen LogP contribution in [-0.4, -0.2) is 0 Å².